The first-order valence-electron chi connectivity index (χ1n) is 9.54. The lowest BCUT2D eigenvalue weighted by molar-refractivity contribution is -0.125. The minimum atomic E-state index is -0.223. The molecular formula is C22H21ClN4O2. The van der Waals surface area contributed by atoms with Gasteiger partial charge in [0.2, 0.25) is 11.8 Å². The molecule has 1 fully saturated rings. The van der Waals surface area contributed by atoms with E-state index in [1.807, 2.05) is 48.7 Å². The van der Waals surface area contributed by atoms with Crippen molar-refractivity contribution in [2.24, 2.45) is 0 Å². The van der Waals surface area contributed by atoms with E-state index in [-0.39, 0.29) is 30.8 Å². The molecule has 4 rings (SSSR count). The van der Waals surface area contributed by atoms with E-state index in [0.717, 1.165) is 29.7 Å². The molecule has 0 saturated heterocycles. The maximum absolute atomic E-state index is 12.5. The van der Waals surface area contributed by atoms with E-state index in [4.69, 9.17) is 16.7 Å². The van der Waals surface area contributed by atoms with Gasteiger partial charge in [-0.2, -0.15) is 5.10 Å². The lowest BCUT2D eigenvalue weighted by Crippen LogP contribution is -2.38. The van der Waals surface area contributed by atoms with Crippen molar-refractivity contribution in [3.8, 4) is 16.9 Å². The number of amides is 2. The highest BCUT2D eigenvalue weighted by Crippen LogP contribution is 2.25. The molecule has 7 heteroatoms. The van der Waals surface area contributed by atoms with E-state index in [1.165, 1.54) is 0 Å². The van der Waals surface area contributed by atoms with E-state index < -0.39 is 0 Å². The van der Waals surface area contributed by atoms with Gasteiger partial charge in [-0.3, -0.25) is 9.59 Å². The van der Waals surface area contributed by atoms with Crippen LogP contribution in [0.1, 0.15) is 18.4 Å². The lowest BCUT2D eigenvalue weighted by atomic mass is 10.1. The Morgan fingerprint density at radius 2 is 1.76 bits per heavy atom. The summed E-state index contributed by atoms with van der Waals surface area (Å²) in [6.07, 6.45) is 4.01. The highest BCUT2D eigenvalue weighted by Gasteiger charge is 2.23. The predicted octanol–water partition coefficient (Wildman–Crippen LogP) is 3.13. The van der Waals surface area contributed by atoms with Gasteiger partial charge in [0.25, 0.3) is 0 Å². The van der Waals surface area contributed by atoms with Gasteiger partial charge in [-0.05, 0) is 37.1 Å². The number of rotatable bonds is 7. The summed E-state index contributed by atoms with van der Waals surface area (Å²) in [5, 5.41) is 10.9. The summed E-state index contributed by atoms with van der Waals surface area (Å²) in [4.78, 5) is 24.3. The molecule has 0 aliphatic heterocycles. The minimum absolute atomic E-state index is 0.0154. The average Bonchev–Trinajstić information content (AvgIpc) is 3.45. The SMILES string of the molecule is O=C(Cc1cn(-c2ccccc2)nc1-c1ccc(Cl)cc1)NCC(=O)NC1CC1. The fraction of sp³-hybridized carbons (Fsp3) is 0.227. The summed E-state index contributed by atoms with van der Waals surface area (Å²) < 4.78 is 1.76. The number of nitrogens with zero attached hydrogens (tertiary/aromatic N) is 2. The standard InChI is InChI=1S/C22H21ClN4O2/c23-17-8-6-15(7-9-17)22-16(14-27(26-22)19-4-2-1-3-5-19)12-20(28)24-13-21(29)25-18-10-11-18/h1-9,14,18H,10-13H2,(H,24,28)(H,25,29). The molecule has 2 aromatic carbocycles. The third-order valence-electron chi connectivity index (χ3n) is 4.67. The van der Waals surface area contributed by atoms with E-state index in [2.05, 4.69) is 10.6 Å². The highest BCUT2D eigenvalue weighted by atomic mass is 35.5. The molecule has 2 amide bonds. The molecule has 29 heavy (non-hydrogen) atoms. The molecule has 1 saturated carbocycles. The van der Waals surface area contributed by atoms with Crippen molar-refractivity contribution >= 4 is 23.4 Å². The van der Waals surface area contributed by atoms with Crippen LogP contribution in [0.25, 0.3) is 16.9 Å². The molecule has 0 radical (unpaired) electrons. The normalized spacial score (nSPS) is 13.1. The monoisotopic (exact) mass is 408 g/mol. The number of halogens is 1. The zero-order valence-electron chi connectivity index (χ0n) is 15.8. The Morgan fingerprint density at radius 3 is 2.45 bits per heavy atom. The van der Waals surface area contributed by atoms with Gasteiger partial charge in [-0.25, -0.2) is 4.68 Å². The van der Waals surface area contributed by atoms with Crippen LogP contribution < -0.4 is 10.6 Å². The first-order valence-corrected chi connectivity index (χ1v) is 9.92. The molecule has 2 N–H and O–H groups in total. The van der Waals surface area contributed by atoms with Gasteiger partial charge in [-0.1, -0.05) is 41.9 Å². The quantitative estimate of drug-likeness (QED) is 0.630. The van der Waals surface area contributed by atoms with Crippen LogP contribution in [-0.2, 0) is 16.0 Å². The molecule has 3 aromatic rings. The number of carbonyl (C=O) groups is 2. The third-order valence-corrected chi connectivity index (χ3v) is 4.92. The van der Waals surface area contributed by atoms with Gasteiger partial charge in [0.15, 0.2) is 0 Å². The molecule has 6 nitrogen and oxygen atoms in total. The molecule has 0 atom stereocenters. The predicted molar refractivity (Wildman–Crippen MR) is 112 cm³/mol. The summed E-state index contributed by atoms with van der Waals surface area (Å²) in [6, 6.07) is 17.3. The van der Waals surface area contributed by atoms with Gasteiger partial charge in [0.1, 0.15) is 0 Å². The Balaban J connectivity index is 1.53. The molecule has 1 heterocycles. The molecule has 0 spiro atoms. The summed E-state index contributed by atoms with van der Waals surface area (Å²) in [6.45, 7) is -0.0154. The van der Waals surface area contributed by atoms with Gasteiger partial charge in [0.05, 0.1) is 24.3 Å². The molecule has 1 aromatic heterocycles. The van der Waals surface area contributed by atoms with Crippen molar-refractivity contribution in [3.63, 3.8) is 0 Å². The van der Waals surface area contributed by atoms with E-state index in [0.29, 0.717) is 10.7 Å². The van der Waals surface area contributed by atoms with Crippen LogP contribution in [0, 0.1) is 0 Å². The van der Waals surface area contributed by atoms with Crippen LogP contribution in [0.3, 0.4) is 0 Å². The van der Waals surface area contributed by atoms with Crippen molar-refractivity contribution in [1.82, 2.24) is 20.4 Å². The second-order valence-corrected chi connectivity index (χ2v) is 7.52. The van der Waals surface area contributed by atoms with Gasteiger partial charge >= 0.3 is 0 Å². The van der Waals surface area contributed by atoms with Crippen LogP contribution in [0.5, 0.6) is 0 Å². The Labute approximate surface area is 173 Å². The number of para-hydroxylation sites is 1. The zero-order valence-corrected chi connectivity index (χ0v) is 16.5. The average molecular weight is 409 g/mol. The van der Waals surface area contributed by atoms with Gasteiger partial charge in [-0.15, -0.1) is 0 Å². The maximum atomic E-state index is 12.5. The molecule has 0 unspecified atom stereocenters. The van der Waals surface area contributed by atoms with Crippen molar-refractivity contribution < 1.29 is 9.59 Å². The lowest BCUT2D eigenvalue weighted by Gasteiger charge is -2.06. The maximum Gasteiger partial charge on any atom is 0.239 e. The fourth-order valence-electron chi connectivity index (χ4n) is 3.02. The number of aromatic nitrogens is 2. The zero-order chi connectivity index (χ0) is 20.2. The molecule has 1 aliphatic rings. The van der Waals surface area contributed by atoms with E-state index in [9.17, 15) is 9.59 Å². The topological polar surface area (TPSA) is 76.0 Å². The molecular weight excluding hydrogens is 388 g/mol. The molecule has 1 aliphatic carbocycles. The van der Waals surface area contributed by atoms with Crippen LogP contribution in [-0.4, -0.2) is 34.2 Å². The fourth-order valence-corrected chi connectivity index (χ4v) is 3.15. The summed E-state index contributed by atoms with van der Waals surface area (Å²) in [5.74, 6) is -0.377. The van der Waals surface area contributed by atoms with Crippen molar-refractivity contribution in [2.45, 2.75) is 25.3 Å². The van der Waals surface area contributed by atoms with Crippen LogP contribution in [0.2, 0.25) is 5.02 Å². The number of hydrogen-bond donors (Lipinski definition) is 2. The smallest absolute Gasteiger partial charge is 0.239 e. The van der Waals surface area contributed by atoms with E-state index >= 15 is 0 Å². The Hall–Kier alpha value is -3.12. The minimum Gasteiger partial charge on any atom is -0.352 e. The van der Waals surface area contributed by atoms with Crippen molar-refractivity contribution in [1.29, 1.82) is 0 Å². The first kappa shape index (κ1) is 19.2. The number of hydrogen-bond acceptors (Lipinski definition) is 3. The van der Waals surface area contributed by atoms with Crippen LogP contribution in [0.15, 0.2) is 60.8 Å². The van der Waals surface area contributed by atoms with Crippen molar-refractivity contribution in [2.75, 3.05) is 6.54 Å². The van der Waals surface area contributed by atoms with Crippen LogP contribution in [0.4, 0.5) is 0 Å². The summed E-state index contributed by atoms with van der Waals surface area (Å²) >= 11 is 6.01. The summed E-state index contributed by atoms with van der Waals surface area (Å²) in [5.41, 5.74) is 3.26. The number of nitrogens with one attached hydrogen (secondary N) is 2. The van der Waals surface area contributed by atoms with Crippen molar-refractivity contribution in [3.05, 3.63) is 71.4 Å². The van der Waals surface area contributed by atoms with E-state index in [1.54, 1.807) is 16.8 Å². The first-order chi connectivity index (χ1) is 14.1. The highest BCUT2D eigenvalue weighted by molar-refractivity contribution is 6.30. The number of carbonyl (C=O) groups excluding carboxylic acids is 2. The molecule has 148 valence electrons. The Bertz CT molecular complexity index is 1010. The Kier molecular flexibility index (Phi) is 5.62. The second kappa shape index (κ2) is 8.49. The molecule has 0 bridgehead atoms. The summed E-state index contributed by atoms with van der Waals surface area (Å²) in [7, 11) is 0. The second-order valence-electron chi connectivity index (χ2n) is 7.09. The van der Waals surface area contributed by atoms with Gasteiger partial charge in [0, 0.05) is 28.4 Å². The van der Waals surface area contributed by atoms with Crippen LogP contribution >= 0.6 is 11.6 Å². The Morgan fingerprint density at radius 1 is 1.03 bits per heavy atom. The third kappa shape index (κ3) is 5.03. The largest absolute Gasteiger partial charge is 0.352 e. The number of benzene rings is 2. The van der Waals surface area contributed by atoms with Gasteiger partial charge < -0.3 is 10.6 Å².